The van der Waals surface area contributed by atoms with Crippen molar-refractivity contribution in [2.45, 2.75) is 32.0 Å². The van der Waals surface area contributed by atoms with Crippen molar-refractivity contribution in [3.05, 3.63) is 71.3 Å². The molecule has 2 atom stereocenters. The summed E-state index contributed by atoms with van der Waals surface area (Å²) in [4.78, 5) is 2.39. The zero-order chi connectivity index (χ0) is 18.5. The number of hydrogen-bond donors (Lipinski definition) is 1. The van der Waals surface area contributed by atoms with Gasteiger partial charge in [0.05, 0.1) is 12.6 Å². The summed E-state index contributed by atoms with van der Waals surface area (Å²) >= 11 is 0. The van der Waals surface area contributed by atoms with Crippen LogP contribution in [0.15, 0.2) is 48.5 Å². The van der Waals surface area contributed by atoms with Gasteiger partial charge in [0.1, 0.15) is 11.6 Å². The molecular weight excluding hydrogens is 334 g/mol. The van der Waals surface area contributed by atoms with Crippen LogP contribution in [0.1, 0.15) is 31.0 Å². The number of halogens is 2. The van der Waals surface area contributed by atoms with Crippen molar-refractivity contribution in [3.63, 3.8) is 0 Å². The van der Waals surface area contributed by atoms with Crippen LogP contribution in [0.5, 0.6) is 0 Å². The second-order valence-corrected chi connectivity index (χ2v) is 6.83. The van der Waals surface area contributed by atoms with E-state index in [4.69, 9.17) is 4.74 Å². The van der Waals surface area contributed by atoms with Crippen LogP contribution < -0.4 is 5.32 Å². The Bertz CT molecular complexity index is 643. The molecule has 5 heteroatoms. The molecule has 1 aliphatic rings. The molecule has 0 saturated carbocycles. The highest BCUT2D eigenvalue weighted by molar-refractivity contribution is 5.33. The zero-order valence-corrected chi connectivity index (χ0v) is 15.3. The summed E-state index contributed by atoms with van der Waals surface area (Å²) in [5, 5.41) is 3.51. The first kappa shape index (κ1) is 19.0. The van der Waals surface area contributed by atoms with Gasteiger partial charge < -0.3 is 10.1 Å². The molecule has 26 heavy (non-hydrogen) atoms. The lowest BCUT2D eigenvalue weighted by Crippen LogP contribution is -2.58. The number of ether oxygens (including phenoxy) is 1. The lowest BCUT2D eigenvalue weighted by Gasteiger charge is -2.44. The lowest BCUT2D eigenvalue weighted by atomic mass is 9.94. The zero-order valence-electron chi connectivity index (χ0n) is 15.3. The second-order valence-electron chi connectivity index (χ2n) is 6.83. The summed E-state index contributed by atoms with van der Waals surface area (Å²) in [5.41, 5.74) is 1.99. The van der Waals surface area contributed by atoms with Crippen LogP contribution in [-0.4, -0.2) is 43.3 Å². The van der Waals surface area contributed by atoms with E-state index in [1.54, 1.807) is 0 Å². The van der Waals surface area contributed by atoms with Gasteiger partial charge in [0, 0.05) is 31.8 Å². The van der Waals surface area contributed by atoms with Gasteiger partial charge in [-0.3, -0.25) is 4.90 Å². The van der Waals surface area contributed by atoms with Crippen molar-refractivity contribution in [1.29, 1.82) is 0 Å². The maximum absolute atomic E-state index is 13.5. The van der Waals surface area contributed by atoms with Crippen molar-refractivity contribution in [1.82, 2.24) is 10.2 Å². The number of hydrogen-bond acceptors (Lipinski definition) is 3. The summed E-state index contributed by atoms with van der Waals surface area (Å²) < 4.78 is 32.6. The molecule has 1 aliphatic heterocycles. The predicted molar refractivity (Wildman–Crippen MR) is 99.1 cm³/mol. The monoisotopic (exact) mass is 360 g/mol. The van der Waals surface area contributed by atoms with Crippen molar-refractivity contribution < 1.29 is 13.5 Å². The molecule has 2 aromatic carbocycles. The molecule has 0 spiro atoms. The minimum Gasteiger partial charge on any atom is -0.380 e. The van der Waals surface area contributed by atoms with Crippen molar-refractivity contribution in [2.75, 3.05) is 26.3 Å². The molecule has 0 bridgehead atoms. The Kier molecular flexibility index (Phi) is 6.35. The molecular formula is C21H26F2N2O. The minimum atomic E-state index is -0.258. The highest BCUT2D eigenvalue weighted by atomic mass is 19.1. The van der Waals surface area contributed by atoms with Gasteiger partial charge in [0.2, 0.25) is 0 Å². The molecule has 3 rings (SSSR count). The third kappa shape index (κ3) is 4.47. The molecule has 0 aromatic heterocycles. The second kappa shape index (κ2) is 8.71. The van der Waals surface area contributed by atoms with Gasteiger partial charge in [-0.15, -0.1) is 0 Å². The Morgan fingerprint density at radius 1 is 1.04 bits per heavy atom. The van der Waals surface area contributed by atoms with Crippen LogP contribution in [0.2, 0.25) is 0 Å². The van der Waals surface area contributed by atoms with Crippen molar-refractivity contribution >= 4 is 0 Å². The Morgan fingerprint density at radius 3 is 2.08 bits per heavy atom. The Balaban J connectivity index is 1.99. The van der Waals surface area contributed by atoms with E-state index >= 15 is 0 Å². The number of nitrogens with one attached hydrogen (secondary N) is 1. The number of rotatable bonds is 6. The van der Waals surface area contributed by atoms with Crippen LogP contribution in [0, 0.1) is 11.6 Å². The molecule has 140 valence electrons. The van der Waals surface area contributed by atoms with E-state index in [0.717, 1.165) is 24.2 Å². The van der Waals surface area contributed by atoms with Gasteiger partial charge in [-0.25, -0.2) is 8.78 Å². The van der Waals surface area contributed by atoms with Gasteiger partial charge in [-0.05, 0) is 49.2 Å². The van der Waals surface area contributed by atoms with Crippen LogP contribution in [-0.2, 0) is 4.74 Å². The maximum Gasteiger partial charge on any atom is 0.123 e. The van der Waals surface area contributed by atoms with E-state index in [0.29, 0.717) is 19.3 Å². The van der Waals surface area contributed by atoms with E-state index in [1.165, 1.54) is 24.3 Å². The third-order valence-electron chi connectivity index (χ3n) is 4.87. The van der Waals surface area contributed by atoms with Crippen LogP contribution in [0.25, 0.3) is 0 Å². The molecule has 0 radical (unpaired) electrons. The third-order valence-corrected chi connectivity index (χ3v) is 4.87. The maximum atomic E-state index is 13.5. The van der Waals surface area contributed by atoms with Crippen LogP contribution in [0.3, 0.4) is 0 Å². The molecule has 1 saturated heterocycles. The predicted octanol–water partition coefficient (Wildman–Crippen LogP) is 3.75. The van der Waals surface area contributed by atoms with Gasteiger partial charge in [-0.1, -0.05) is 24.3 Å². The summed E-state index contributed by atoms with van der Waals surface area (Å²) in [5.74, 6) is -0.516. The van der Waals surface area contributed by atoms with E-state index < -0.39 is 0 Å². The van der Waals surface area contributed by atoms with E-state index in [2.05, 4.69) is 17.1 Å². The highest BCUT2D eigenvalue weighted by Crippen LogP contribution is 2.32. The fourth-order valence-electron chi connectivity index (χ4n) is 3.57. The van der Waals surface area contributed by atoms with Crippen LogP contribution >= 0.6 is 0 Å². The number of nitrogens with zero attached hydrogens (tertiary/aromatic N) is 1. The standard InChI is InChI=1S/C21H26F2N2O/c1-3-26-14-20-12-24-15(2)13-25(20)21(16-4-8-18(22)9-5-16)17-6-10-19(23)11-7-17/h4-11,15,20-21,24H,3,12-14H2,1-2H3/t15-,20-/m0/s1. The molecule has 1 N–H and O–H groups in total. The highest BCUT2D eigenvalue weighted by Gasteiger charge is 2.33. The van der Waals surface area contributed by atoms with Gasteiger partial charge >= 0.3 is 0 Å². The lowest BCUT2D eigenvalue weighted by molar-refractivity contribution is 0.0268. The number of piperazine rings is 1. The quantitative estimate of drug-likeness (QED) is 0.849. The fraction of sp³-hybridized carbons (Fsp3) is 0.429. The van der Waals surface area contributed by atoms with Crippen molar-refractivity contribution in [2.24, 2.45) is 0 Å². The minimum absolute atomic E-state index is 0.0776. The van der Waals surface area contributed by atoms with E-state index in [1.807, 2.05) is 31.2 Å². The van der Waals surface area contributed by atoms with Gasteiger partial charge in [-0.2, -0.15) is 0 Å². The molecule has 2 aromatic rings. The average Bonchev–Trinajstić information content (AvgIpc) is 2.64. The van der Waals surface area contributed by atoms with Crippen molar-refractivity contribution in [3.8, 4) is 0 Å². The van der Waals surface area contributed by atoms with E-state index in [9.17, 15) is 8.78 Å². The average molecular weight is 360 g/mol. The van der Waals surface area contributed by atoms with Gasteiger partial charge in [0.15, 0.2) is 0 Å². The number of benzene rings is 2. The molecule has 3 nitrogen and oxygen atoms in total. The fourth-order valence-corrected chi connectivity index (χ4v) is 3.57. The first-order valence-corrected chi connectivity index (χ1v) is 9.16. The normalized spacial score (nSPS) is 21.3. The van der Waals surface area contributed by atoms with E-state index in [-0.39, 0.29) is 23.7 Å². The Hall–Kier alpha value is -1.82. The Morgan fingerprint density at radius 2 is 1.58 bits per heavy atom. The molecule has 1 fully saturated rings. The first-order chi connectivity index (χ1) is 12.6. The first-order valence-electron chi connectivity index (χ1n) is 9.16. The van der Waals surface area contributed by atoms with Gasteiger partial charge in [0.25, 0.3) is 0 Å². The molecule has 0 amide bonds. The molecule has 0 unspecified atom stereocenters. The molecule has 0 aliphatic carbocycles. The Labute approximate surface area is 154 Å². The SMILES string of the molecule is CCOC[C@@H]1CN[C@@H](C)CN1C(c1ccc(F)cc1)c1ccc(F)cc1. The summed E-state index contributed by atoms with van der Waals surface area (Å²) in [6, 6.07) is 13.6. The summed E-state index contributed by atoms with van der Waals surface area (Å²) in [6.45, 7) is 7.07. The van der Waals surface area contributed by atoms with Crippen LogP contribution in [0.4, 0.5) is 8.78 Å². The smallest absolute Gasteiger partial charge is 0.123 e. The largest absolute Gasteiger partial charge is 0.380 e. The summed E-state index contributed by atoms with van der Waals surface area (Å²) in [6.07, 6.45) is 0. The topological polar surface area (TPSA) is 24.5 Å². The molecule has 1 heterocycles. The summed E-state index contributed by atoms with van der Waals surface area (Å²) in [7, 11) is 0.